The maximum absolute atomic E-state index is 16.6. The molecule has 59 heavy (non-hydrogen) atoms. The van der Waals surface area contributed by atoms with Crippen molar-refractivity contribution >= 4 is 99.5 Å². The summed E-state index contributed by atoms with van der Waals surface area (Å²) in [6.07, 6.45) is 0. The van der Waals surface area contributed by atoms with Crippen LogP contribution in [-0.2, 0) is 0 Å². The normalized spacial score (nSPS) is 11.8. The van der Waals surface area contributed by atoms with Crippen LogP contribution >= 0.6 is 0 Å². The Morgan fingerprint density at radius 2 is 0.644 bits per heavy atom. The van der Waals surface area contributed by atoms with Crippen molar-refractivity contribution in [3.8, 4) is 0 Å². The number of halogens is 1. The van der Waals surface area contributed by atoms with Gasteiger partial charge in [-0.2, -0.15) is 4.39 Å². The third kappa shape index (κ3) is 5.89. The molecule has 0 radical (unpaired) electrons. The average molecular weight is 767 g/mol. The maximum Gasteiger partial charge on any atom is 0.209 e. The molecule has 0 saturated heterocycles. The molecule has 11 aromatic rings. The van der Waals surface area contributed by atoms with E-state index in [1.807, 2.05) is 18.2 Å². The lowest BCUT2D eigenvalue weighted by Crippen LogP contribution is -2.09. The van der Waals surface area contributed by atoms with Gasteiger partial charge in [-0.05, 0) is 152 Å². The molecule has 9 aromatic carbocycles. The zero-order valence-corrected chi connectivity index (χ0v) is 33.2. The van der Waals surface area contributed by atoms with Crippen LogP contribution in [0.5, 0.6) is 0 Å². The monoisotopic (exact) mass is 766 g/mol. The van der Waals surface area contributed by atoms with Gasteiger partial charge in [0.25, 0.3) is 0 Å². The van der Waals surface area contributed by atoms with Crippen LogP contribution in [0.2, 0.25) is 0 Å². The molecule has 2 aromatic heterocycles. The summed E-state index contributed by atoms with van der Waals surface area (Å²) in [5.41, 5.74) is 12.8. The summed E-state index contributed by atoms with van der Waals surface area (Å²) in [5.74, 6) is -0.491. The van der Waals surface area contributed by atoms with Crippen LogP contribution in [-0.4, -0.2) is 0 Å². The number of furan rings is 2. The van der Waals surface area contributed by atoms with Gasteiger partial charge in [0.2, 0.25) is 5.82 Å². The number of rotatable bonds is 6. The van der Waals surface area contributed by atoms with Crippen molar-refractivity contribution in [3.05, 3.63) is 192 Å². The number of anilines is 6. The molecule has 0 amide bonds. The summed E-state index contributed by atoms with van der Waals surface area (Å²) in [6, 6.07) is 57.5. The van der Waals surface area contributed by atoms with Crippen molar-refractivity contribution in [2.24, 2.45) is 0 Å². The Hall–Kier alpha value is -7.37. The third-order valence-electron chi connectivity index (χ3n) is 11.7. The van der Waals surface area contributed by atoms with Gasteiger partial charge in [0.15, 0.2) is 11.2 Å². The van der Waals surface area contributed by atoms with Crippen molar-refractivity contribution < 1.29 is 13.2 Å². The molecule has 0 aliphatic carbocycles. The largest absolute Gasteiger partial charge is 0.453 e. The molecule has 0 fully saturated rings. The van der Waals surface area contributed by atoms with Crippen molar-refractivity contribution in [1.82, 2.24) is 0 Å². The molecule has 0 saturated carbocycles. The molecule has 0 unspecified atom stereocenters. The first kappa shape index (κ1) is 34.8. The molecule has 0 spiro atoms. The summed E-state index contributed by atoms with van der Waals surface area (Å²) in [6.45, 7) is 8.40. The van der Waals surface area contributed by atoms with E-state index in [4.69, 9.17) is 8.83 Å². The number of aryl methyl sites for hydroxylation is 4. The lowest BCUT2D eigenvalue weighted by molar-refractivity contribution is 0.561. The fourth-order valence-corrected chi connectivity index (χ4v) is 8.50. The Kier molecular flexibility index (Phi) is 7.89. The highest BCUT2D eigenvalue weighted by Gasteiger charge is 2.22. The van der Waals surface area contributed by atoms with E-state index in [0.717, 1.165) is 77.2 Å². The minimum absolute atomic E-state index is 0.196. The lowest BCUT2D eigenvalue weighted by Gasteiger charge is -2.26. The van der Waals surface area contributed by atoms with Crippen LogP contribution in [0.3, 0.4) is 0 Å². The quantitative estimate of drug-likeness (QED) is 0.169. The van der Waals surface area contributed by atoms with Gasteiger partial charge in [-0.15, -0.1) is 0 Å². The Bertz CT molecular complexity index is 3100. The predicted octanol–water partition coefficient (Wildman–Crippen LogP) is 16.1. The smallest absolute Gasteiger partial charge is 0.209 e. The van der Waals surface area contributed by atoms with Crippen LogP contribution in [0.4, 0.5) is 38.5 Å². The van der Waals surface area contributed by atoms with Gasteiger partial charge in [0.1, 0.15) is 11.2 Å². The molecule has 11 rings (SSSR count). The third-order valence-corrected chi connectivity index (χ3v) is 11.7. The molecule has 284 valence electrons. The number of nitrogens with zero attached hydrogens (tertiary/aromatic N) is 2. The van der Waals surface area contributed by atoms with E-state index in [1.54, 1.807) is 0 Å². The number of benzene rings is 9. The predicted molar refractivity (Wildman–Crippen MR) is 244 cm³/mol. The highest BCUT2D eigenvalue weighted by Crippen LogP contribution is 2.44. The van der Waals surface area contributed by atoms with Crippen LogP contribution in [0.15, 0.2) is 173 Å². The van der Waals surface area contributed by atoms with E-state index in [2.05, 4.69) is 183 Å². The van der Waals surface area contributed by atoms with Crippen LogP contribution < -0.4 is 9.80 Å². The minimum Gasteiger partial charge on any atom is -0.453 e. The molecule has 5 heteroatoms. The van der Waals surface area contributed by atoms with E-state index in [-0.39, 0.29) is 11.2 Å². The van der Waals surface area contributed by atoms with Gasteiger partial charge >= 0.3 is 0 Å². The molecule has 0 bridgehead atoms. The summed E-state index contributed by atoms with van der Waals surface area (Å²) in [7, 11) is 0. The summed E-state index contributed by atoms with van der Waals surface area (Å²) in [5, 5.41) is 7.26. The first-order valence-corrected chi connectivity index (χ1v) is 20.0. The minimum atomic E-state index is -0.491. The molecular weight excluding hydrogens is 728 g/mol. The summed E-state index contributed by atoms with van der Waals surface area (Å²) in [4.78, 5) is 4.52. The first-order valence-electron chi connectivity index (χ1n) is 20.0. The van der Waals surface area contributed by atoms with Crippen molar-refractivity contribution in [3.63, 3.8) is 0 Å². The Morgan fingerprint density at radius 1 is 0.322 bits per heavy atom. The topological polar surface area (TPSA) is 32.8 Å². The van der Waals surface area contributed by atoms with E-state index < -0.39 is 5.82 Å². The van der Waals surface area contributed by atoms with Gasteiger partial charge in [-0.3, -0.25) is 0 Å². The zero-order valence-electron chi connectivity index (χ0n) is 33.2. The molecule has 0 atom stereocenters. The second-order valence-electron chi connectivity index (χ2n) is 15.9. The lowest BCUT2D eigenvalue weighted by atomic mass is 10.0. The Morgan fingerprint density at radius 3 is 0.983 bits per heavy atom. The van der Waals surface area contributed by atoms with Gasteiger partial charge < -0.3 is 18.6 Å². The number of fused-ring (bicyclic) bond motifs is 8. The summed E-state index contributed by atoms with van der Waals surface area (Å²) >= 11 is 0. The van der Waals surface area contributed by atoms with Crippen molar-refractivity contribution in [2.45, 2.75) is 27.7 Å². The van der Waals surface area contributed by atoms with E-state index in [9.17, 15) is 0 Å². The van der Waals surface area contributed by atoms with E-state index in [0.29, 0.717) is 11.2 Å². The maximum atomic E-state index is 16.6. The average Bonchev–Trinajstić information content (AvgIpc) is 3.79. The van der Waals surface area contributed by atoms with Crippen LogP contribution in [0.25, 0.3) is 65.4 Å². The number of hydrogen-bond donors (Lipinski definition) is 0. The second kappa shape index (κ2) is 13.4. The molecule has 0 aliphatic heterocycles. The molecule has 2 heterocycles. The van der Waals surface area contributed by atoms with Crippen LogP contribution in [0, 0.1) is 33.5 Å². The van der Waals surface area contributed by atoms with Gasteiger partial charge in [0.05, 0.1) is 0 Å². The van der Waals surface area contributed by atoms with Gasteiger partial charge in [-0.1, -0.05) is 82.9 Å². The highest BCUT2D eigenvalue weighted by molar-refractivity contribution is 6.19. The Labute approximate surface area is 340 Å². The SMILES string of the molecule is Cc1ccc(N(c2ccc(C)cc2)c2ccc3cc4c(cc3c2)oc2c(F)c3oc5cc6cc(N(c7ccc(C)cc7)c7ccc(C)cc7)ccc6cc5c3cc24)cc1. The van der Waals surface area contributed by atoms with Gasteiger partial charge in [0, 0.05) is 55.7 Å². The number of hydrogen-bond acceptors (Lipinski definition) is 4. The van der Waals surface area contributed by atoms with Crippen LogP contribution in [0.1, 0.15) is 22.3 Å². The van der Waals surface area contributed by atoms with Crippen molar-refractivity contribution in [1.29, 1.82) is 0 Å². The van der Waals surface area contributed by atoms with E-state index >= 15 is 4.39 Å². The summed E-state index contributed by atoms with van der Waals surface area (Å²) < 4.78 is 29.4. The molecule has 4 nitrogen and oxygen atoms in total. The molecular formula is C54H39FN2O2. The standard InChI is InChI=1S/C54H39FN2O2/c1-32-5-15-40(16-6-32)56(41-17-7-33(2)8-18-41)44-23-13-36-27-46-48-31-49-47-28-37-14-24-45(57(42-19-9-34(3)10-20-42)43-21-11-35(4)12-22-43)26-39(37)30-51(47)59-54(49)52(55)53(48)58-50(46)29-38(36)25-44/h5-31H,1-4H3. The fraction of sp³-hybridized carbons (Fsp3) is 0.0741. The molecule has 0 aliphatic rings. The Balaban J connectivity index is 1.02. The fourth-order valence-electron chi connectivity index (χ4n) is 8.50. The van der Waals surface area contributed by atoms with Crippen molar-refractivity contribution in [2.75, 3.05) is 9.80 Å². The van der Waals surface area contributed by atoms with E-state index in [1.165, 1.54) is 22.3 Å². The zero-order chi connectivity index (χ0) is 39.9. The molecule has 0 N–H and O–H groups in total. The first-order chi connectivity index (χ1) is 28.7. The second-order valence-corrected chi connectivity index (χ2v) is 15.9. The highest BCUT2D eigenvalue weighted by atomic mass is 19.1. The van der Waals surface area contributed by atoms with Gasteiger partial charge in [-0.25, -0.2) is 0 Å².